The first-order chi connectivity index (χ1) is 14.6. The molecule has 2 aromatic rings. The normalized spacial score (nSPS) is 11.7. The predicted octanol–water partition coefficient (Wildman–Crippen LogP) is 4.55. The first kappa shape index (κ1) is 26.7. The lowest BCUT2D eigenvalue weighted by molar-refractivity contribution is 0.287. The van der Waals surface area contributed by atoms with Gasteiger partial charge in [0, 0.05) is 25.2 Å². The number of methoxy groups -OCH3 is 2. The van der Waals surface area contributed by atoms with E-state index in [1.165, 1.54) is 0 Å². The average Bonchev–Trinajstić information content (AvgIpc) is 2.77. The highest BCUT2D eigenvalue weighted by Gasteiger charge is 2.13. The van der Waals surface area contributed by atoms with E-state index in [4.69, 9.17) is 18.9 Å². The van der Waals surface area contributed by atoms with Crippen molar-refractivity contribution in [3.8, 4) is 23.0 Å². The Morgan fingerprint density at radius 1 is 0.935 bits per heavy atom. The zero-order chi connectivity index (χ0) is 21.9. The second-order valence-corrected chi connectivity index (χ2v) is 6.54. The number of hydrogen-bond donors (Lipinski definition) is 2. The lowest BCUT2D eigenvalue weighted by Crippen LogP contribution is -2.38. The van der Waals surface area contributed by atoms with Crippen molar-refractivity contribution in [1.29, 1.82) is 0 Å². The van der Waals surface area contributed by atoms with Gasteiger partial charge in [-0.1, -0.05) is 6.07 Å². The Morgan fingerprint density at radius 2 is 1.65 bits per heavy atom. The molecule has 7 nitrogen and oxygen atoms in total. The third kappa shape index (κ3) is 7.68. The second kappa shape index (κ2) is 13.8. The number of nitrogens with one attached hydrogen (secondary N) is 2. The maximum Gasteiger partial charge on any atom is 0.191 e. The minimum atomic E-state index is 0. The summed E-state index contributed by atoms with van der Waals surface area (Å²) in [6.07, 6.45) is 0. The zero-order valence-corrected chi connectivity index (χ0v) is 21.5. The van der Waals surface area contributed by atoms with Crippen molar-refractivity contribution in [3.63, 3.8) is 0 Å². The van der Waals surface area contributed by atoms with E-state index in [1.54, 1.807) is 21.3 Å². The van der Waals surface area contributed by atoms with Crippen molar-refractivity contribution >= 4 is 29.9 Å². The molecular weight excluding hydrogens is 509 g/mol. The minimum absolute atomic E-state index is 0. The molecule has 2 rings (SSSR count). The highest BCUT2D eigenvalue weighted by Crippen LogP contribution is 2.30. The molecule has 0 aliphatic carbocycles. The number of rotatable bonds is 10. The molecule has 0 heterocycles. The fourth-order valence-corrected chi connectivity index (χ4v) is 3.00. The van der Waals surface area contributed by atoms with Crippen LogP contribution >= 0.6 is 24.0 Å². The first-order valence-electron chi connectivity index (χ1n) is 10.1. The molecule has 0 aromatic heterocycles. The van der Waals surface area contributed by atoms with Gasteiger partial charge in [-0.3, -0.25) is 4.99 Å². The second-order valence-electron chi connectivity index (χ2n) is 6.54. The summed E-state index contributed by atoms with van der Waals surface area (Å²) in [5.41, 5.74) is 2.08. The lowest BCUT2D eigenvalue weighted by Gasteiger charge is -2.20. The molecule has 31 heavy (non-hydrogen) atoms. The van der Waals surface area contributed by atoms with Crippen LogP contribution in [0.15, 0.2) is 41.4 Å². The van der Waals surface area contributed by atoms with Crippen LogP contribution < -0.4 is 29.6 Å². The number of guanidine groups is 1. The van der Waals surface area contributed by atoms with Crippen LogP contribution in [0.3, 0.4) is 0 Å². The molecule has 172 valence electrons. The van der Waals surface area contributed by atoms with Crippen LogP contribution in [-0.2, 0) is 6.54 Å². The molecule has 0 aliphatic heterocycles. The standard InChI is InChI=1S/C23H33N3O4.HI/c1-7-29-20-12-10-17(13-22(20)30-8-2)16(3)26-23(24-4)25-15-18-9-11-19(27-5)14-21(18)28-6;/h9-14,16H,7-8,15H2,1-6H3,(H2,24,25,26);1H. The molecule has 2 N–H and O–H groups in total. The topological polar surface area (TPSA) is 73.3 Å². The van der Waals surface area contributed by atoms with Gasteiger partial charge in [-0.05, 0) is 50.6 Å². The number of nitrogens with zero attached hydrogens (tertiary/aromatic N) is 1. The van der Waals surface area contributed by atoms with E-state index in [0.29, 0.717) is 25.7 Å². The van der Waals surface area contributed by atoms with Gasteiger partial charge in [0.1, 0.15) is 11.5 Å². The number of hydrogen-bond acceptors (Lipinski definition) is 5. The molecule has 0 aliphatic rings. The summed E-state index contributed by atoms with van der Waals surface area (Å²) in [5, 5.41) is 6.74. The quantitative estimate of drug-likeness (QED) is 0.261. The molecule has 0 saturated carbocycles. The maximum absolute atomic E-state index is 5.74. The van der Waals surface area contributed by atoms with Gasteiger partial charge in [-0.2, -0.15) is 0 Å². The summed E-state index contributed by atoms with van der Waals surface area (Å²) in [6.45, 7) is 7.74. The van der Waals surface area contributed by atoms with Gasteiger partial charge in [-0.25, -0.2) is 0 Å². The third-order valence-corrected chi connectivity index (χ3v) is 4.58. The van der Waals surface area contributed by atoms with E-state index < -0.39 is 0 Å². The lowest BCUT2D eigenvalue weighted by atomic mass is 10.1. The van der Waals surface area contributed by atoms with Gasteiger partial charge < -0.3 is 29.6 Å². The van der Waals surface area contributed by atoms with Crippen LogP contribution in [0.1, 0.15) is 37.9 Å². The fourth-order valence-electron chi connectivity index (χ4n) is 3.00. The Bertz CT molecular complexity index is 846. The highest BCUT2D eigenvalue weighted by atomic mass is 127. The molecule has 1 unspecified atom stereocenters. The number of ether oxygens (including phenoxy) is 4. The Balaban J connectivity index is 0.00000480. The van der Waals surface area contributed by atoms with Gasteiger partial charge in [0.2, 0.25) is 0 Å². The van der Waals surface area contributed by atoms with Crippen LogP contribution in [0, 0.1) is 0 Å². The third-order valence-electron chi connectivity index (χ3n) is 4.58. The van der Waals surface area contributed by atoms with Crippen LogP contribution in [0.4, 0.5) is 0 Å². The van der Waals surface area contributed by atoms with E-state index in [1.807, 2.05) is 50.2 Å². The highest BCUT2D eigenvalue weighted by molar-refractivity contribution is 14.0. The molecule has 0 spiro atoms. The maximum atomic E-state index is 5.74. The smallest absolute Gasteiger partial charge is 0.191 e. The van der Waals surface area contributed by atoms with Crippen LogP contribution in [0.2, 0.25) is 0 Å². The SMILES string of the molecule is CCOc1ccc(C(C)NC(=NC)NCc2ccc(OC)cc2OC)cc1OCC.I. The molecule has 0 amide bonds. The van der Waals surface area contributed by atoms with Crippen molar-refractivity contribution in [3.05, 3.63) is 47.5 Å². The van der Waals surface area contributed by atoms with Gasteiger partial charge >= 0.3 is 0 Å². The molecule has 0 bridgehead atoms. The Hall–Kier alpha value is -2.36. The summed E-state index contributed by atoms with van der Waals surface area (Å²) >= 11 is 0. The van der Waals surface area contributed by atoms with Gasteiger partial charge in [0.05, 0.1) is 33.5 Å². The van der Waals surface area contributed by atoms with Crippen molar-refractivity contribution < 1.29 is 18.9 Å². The van der Waals surface area contributed by atoms with Gasteiger partial charge in [0.15, 0.2) is 17.5 Å². The number of benzene rings is 2. The summed E-state index contributed by atoms with van der Waals surface area (Å²) < 4.78 is 22.1. The van der Waals surface area contributed by atoms with Crippen LogP contribution in [0.5, 0.6) is 23.0 Å². The Kier molecular flexibility index (Phi) is 11.9. The van der Waals surface area contributed by atoms with E-state index in [-0.39, 0.29) is 30.0 Å². The zero-order valence-electron chi connectivity index (χ0n) is 19.2. The predicted molar refractivity (Wildman–Crippen MR) is 135 cm³/mol. The molecule has 0 fully saturated rings. The number of aliphatic imine (C=N–C) groups is 1. The molecule has 1 atom stereocenters. The van der Waals surface area contributed by atoms with Crippen LogP contribution in [-0.4, -0.2) is 40.4 Å². The Morgan fingerprint density at radius 3 is 2.26 bits per heavy atom. The molecular formula is C23H34IN3O4. The van der Waals surface area contributed by atoms with Gasteiger partial charge in [0.25, 0.3) is 0 Å². The van der Waals surface area contributed by atoms with E-state index in [9.17, 15) is 0 Å². The summed E-state index contributed by atoms with van der Waals surface area (Å²) in [6, 6.07) is 11.8. The largest absolute Gasteiger partial charge is 0.497 e. The van der Waals surface area contributed by atoms with Crippen molar-refractivity contribution in [1.82, 2.24) is 10.6 Å². The minimum Gasteiger partial charge on any atom is -0.497 e. The van der Waals surface area contributed by atoms with Crippen molar-refractivity contribution in [2.24, 2.45) is 4.99 Å². The summed E-state index contributed by atoms with van der Waals surface area (Å²) in [7, 11) is 5.03. The van der Waals surface area contributed by atoms with Crippen molar-refractivity contribution in [2.45, 2.75) is 33.4 Å². The van der Waals surface area contributed by atoms with Crippen molar-refractivity contribution in [2.75, 3.05) is 34.5 Å². The summed E-state index contributed by atoms with van der Waals surface area (Å²) in [4.78, 5) is 4.34. The Labute approximate surface area is 202 Å². The summed E-state index contributed by atoms with van der Waals surface area (Å²) in [5.74, 6) is 3.71. The number of halogens is 1. The van der Waals surface area contributed by atoms with Gasteiger partial charge in [-0.15, -0.1) is 24.0 Å². The van der Waals surface area contributed by atoms with E-state index >= 15 is 0 Å². The monoisotopic (exact) mass is 543 g/mol. The molecule has 8 heteroatoms. The molecule has 0 saturated heterocycles. The molecule has 2 aromatic carbocycles. The first-order valence-corrected chi connectivity index (χ1v) is 10.1. The fraction of sp³-hybridized carbons (Fsp3) is 0.435. The average molecular weight is 543 g/mol. The van der Waals surface area contributed by atoms with E-state index in [2.05, 4.69) is 22.5 Å². The molecule has 0 radical (unpaired) electrons. The van der Waals surface area contributed by atoms with Crippen LogP contribution in [0.25, 0.3) is 0 Å². The van der Waals surface area contributed by atoms with E-state index in [0.717, 1.165) is 34.1 Å².